The molecule has 1 saturated carbocycles. The van der Waals surface area contributed by atoms with E-state index in [4.69, 9.17) is 5.11 Å². The van der Waals surface area contributed by atoms with Crippen LogP contribution in [0.1, 0.15) is 38.2 Å². The van der Waals surface area contributed by atoms with Crippen LogP contribution in [0.25, 0.3) is 0 Å². The Morgan fingerprint density at radius 2 is 1.91 bits per heavy atom. The van der Waals surface area contributed by atoms with Crippen LogP contribution in [0.3, 0.4) is 0 Å². The van der Waals surface area contributed by atoms with E-state index >= 15 is 0 Å². The first kappa shape index (κ1) is 16.5. The summed E-state index contributed by atoms with van der Waals surface area (Å²) in [6.07, 6.45) is 2.97. The molecule has 0 bridgehead atoms. The molecule has 1 fully saturated rings. The minimum absolute atomic E-state index is 0.129. The van der Waals surface area contributed by atoms with Crippen LogP contribution < -0.4 is 0 Å². The van der Waals surface area contributed by atoms with Crippen LogP contribution in [-0.4, -0.2) is 35.5 Å². The molecule has 22 heavy (non-hydrogen) atoms. The molecule has 1 aromatic rings. The molecular weight excluding hydrogens is 285 g/mol. The third kappa shape index (κ3) is 2.98. The summed E-state index contributed by atoms with van der Waals surface area (Å²) in [5, 5.41) is 9.01. The first-order chi connectivity index (χ1) is 10.4. The Morgan fingerprint density at radius 3 is 2.45 bits per heavy atom. The van der Waals surface area contributed by atoms with Crippen LogP contribution in [0, 0.1) is 11.7 Å². The van der Waals surface area contributed by atoms with Gasteiger partial charge in [0, 0.05) is 19.2 Å². The fourth-order valence-corrected chi connectivity index (χ4v) is 3.36. The number of amides is 1. The van der Waals surface area contributed by atoms with Crippen LogP contribution >= 0.6 is 0 Å². The molecule has 2 rings (SSSR count). The summed E-state index contributed by atoms with van der Waals surface area (Å²) in [6.45, 7) is 1.70. The highest BCUT2D eigenvalue weighted by Gasteiger charge is 2.45. The zero-order chi connectivity index (χ0) is 16.3. The maximum atomic E-state index is 14.2. The number of halogens is 1. The van der Waals surface area contributed by atoms with Gasteiger partial charge in [0.15, 0.2) is 0 Å². The van der Waals surface area contributed by atoms with E-state index in [-0.39, 0.29) is 18.3 Å². The van der Waals surface area contributed by atoms with Gasteiger partial charge in [-0.15, -0.1) is 0 Å². The molecule has 1 amide bonds. The van der Waals surface area contributed by atoms with Crippen LogP contribution in [0.5, 0.6) is 0 Å². The Hall–Kier alpha value is -1.91. The minimum Gasteiger partial charge on any atom is -0.481 e. The lowest BCUT2D eigenvalue weighted by atomic mass is 9.77. The largest absolute Gasteiger partial charge is 0.481 e. The van der Waals surface area contributed by atoms with E-state index in [1.54, 1.807) is 32.2 Å². The van der Waals surface area contributed by atoms with Crippen molar-refractivity contribution in [2.24, 2.45) is 5.92 Å². The van der Waals surface area contributed by atoms with Crippen molar-refractivity contribution in [1.82, 2.24) is 4.90 Å². The number of rotatable bonds is 5. The van der Waals surface area contributed by atoms with E-state index in [9.17, 15) is 14.0 Å². The van der Waals surface area contributed by atoms with Gasteiger partial charge in [0.2, 0.25) is 5.91 Å². The summed E-state index contributed by atoms with van der Waals surface area (Å²) < 4.78 is 14.2. The standard InChI is InChI=1S/C17H22FNO3/c1-12(15(20)21)11-19(2)16(22)17(9-5-6-10-17)13-7-3-4-8-14(13)18/h3-4,7-8,12H,5-6,9-11H2,1-2H3,(H,20,21). The Balaban J connectivity index is 2.30. The summed E-state index contributed by atoms with van der Waals surface area (Å²) in [7, 11) is 1.60. The molecule has 1 unspecified atom stereocenters. The van der Waals surface area contributed by atoms with Crippen molar-refractivity contribution in [2.45, 2.75) is 38.0 Å². The average Bonchev–Trinajstić information content (AvgIpc) is 2.97. The Labute approximate surface area is 129 Å². The van der Waals surface area contributed by atoms with Crippen molar-refractivity contribution >= 4 is 11.9 Å². The molecule has 0 saturated heterocycles. The van der Waals surface area contributed by atoms with Gasteiger partial charge in [-0.2, -0.15) is 0 Å². The summed E-state index contributed by atoms with van der Waals surface area (Å²) in [5.74, 6) is -2.13. The van der Waals surface area contributed by atoms with Gasteiger partial charge in [-0.05, 0) is 18.9 Å². The summed E-state index contributed by atoms with van der Waals surface area (Å²) in [5.41, 5.74) is -0.412. The number of carboxylic acids is 1. The van der Waals surface area contributed by atoms with Gasteiger partial charge in [-0.3, -0.25) is 9.59 Å². The minimum atomic E-state index is -0.939. The average molecular weight is 307 g/mol. The van der Waals surface area contributed by atoms with E-state index in [0.29, 0.717) is 18.4 Å². The third-order valence-electron chi connectivity index (χ3n) is 4.57. The van der Waals surface area contributed by atoms with Crippen molar-refractivity contribution in [3.05, 3.63) is 35.6 Å². The van der Waals surface area contributed by atoms with Crippen LogP contribution in [0.4, 0.5) is 4.39 Å². The van der Waals surface area contributed by atoms with E-state index in [1.165, 1.54) is 11.0 Å². The highest BCUT2D eigenvalue weighted by atomic mass is 19.1. The van der Waals surface area contributed by atoms with Gasteiger partial charge >= 0.3 is 5.97 Å². The number of aliphatic carboxylic acids is 1. The number of likely N-dealkylation sites (N-methyl/N-ethyl adjacent to an activating group) is 1. The molecule has 1 aliphatic carbocycles. The number of carboxylic acid groups (broad SMARTS) is 1. The number of carbonyl (C=O) groups is 2. The SMILES string of the molecule is CC(CN(C)C(=O)C1(c2ccccc2F)CCCC1)C(=O)O. The number of nitrogens with zero attached hydrogens (tertiary/aromatic N) is 1. The van der Waals surface area contributed by atoms with E-state index < -0.39 is 17.3 Å². The third-order valence-corrected chi connectivity index (χ3v) is 4.57. The van der Waals surface area contributed by atoms with Crippen molar-refractivity contribution in [3.63, 3.8) is 0 Å². The second kappa shape index (κ2) is 6.46. The molecular formula is C17H22FNO3. The first-order valence-corrected chi connectivity index (χ1v) is 7.62. The molecule has 4 nitrogen and oxygen atoms in total. The molecule has 1 atom stereocenters. The van der Waals surface area contributed by atoms with E-state index in [2.05, 4.69) is 0 Å². The highest BCUT2D eigenvalue weighted by Crippen LogP contribution is 2.43. The number of carbonyl (C=O) groups excluding carboxylic acids is 1. The molecule has 0 radical (unpaired) electrons. The van der Waals surface area contributed by atoms with Gasteiger partial charge < -0.3 is 10.0 Å². The van der Waals surface area contributed by atoms with Crippen LogP contribution in [0.2, 0.25) is 0 Å². The summed E-state index contributed by atoms with van der Waals surface area (Å²) in [4.78, 5) is 25.4. The molecule has 120 valence electrons. The highest BCUT2D eigenvalue weighted by molar-refractivity contribution is 5.89. The van der Waals surface area contributed by atoms with Gasteiger partial charge in [-0.25, -0.2) is 4.39 Å². The molecule has 1 aliphatic rings. The fourth-order valence-electron chi connectivity index (χ4n) is 3.36. The van der Waals surface area contributed by atoms with Gasteiger partial charge in [-0.1, -0.05) is 38.0 Å². The zero-order valence-corrected chi connectivity index (χ0v) is 13.0. The predicted molar refractivity (Wildman–Crippen MR) is 81.0 cm³/mol. The van der Waals surface area contributed by atoms with Gasteiger partial charge in [0.25, 0.3) is 0 Å². The first-order valence-electron chi connectivity index (χ1n) is 7.62. The Kier molecular flexibility index (Phi) is 4.84. The number of benzene rings is 1. The zero-order valence-electron chi connectivity index (χ0n) is 13.0. The second-order valence-corrected chi connectivity index (χ2v) is 6.19. The maximum Gasteiger partial charge on any atom is 0.308 e. The molecule has 0 heterocycles. The normalized spacial score (nSPS) is 18.0. The lowest BCUT2D eigenvalue weighted by Crippen LogP contribution is -2.46. The van der Waals surface area contributed by atoms with Crippen LogP contribution in [0.15, 0.2) is 24.3 Å². The molecule has 1 aromatic carbocycles. The lowest BCUT2D eigenvalue weighted by Gasteiger charge is -2.33. The molecule has 1 N–H and O–H groups in total. The molecule has 5 heteroatoms. The topological polar surface area (TPSA) is 57.6 Å². The Morgan fingerprint density at radius 1 is 1.32 bits per heavy atom. The van der Waals surface area contributed by atoms with E-state index in [1.807, 2.05) is 0 Å². The van der Waals surface area contributed by atoms with E-state index in [0.717, 1.165) is 12.8 Å². The molecule has 0 aliphatic heterocycles. The van der Waals surface area contributed by atoms with Crippen molar-refractivity contribution in [2.75, 3.05) is 13.6 Å². The van der Waals surface area contributed by atoms with Crippen molar-refractivity contribution in [1.29, 1.82) is 0 Å². The second-order valence-electron chi connectivity index (χ2n) is 6.19. The smallest absolute Gasteiger partial charge is 0.308 e. The van der Waals surface area contributed by atoms with Gasteiger partial charge in [0.1, 0.15) is 5.82 Å². The monoisotopic (exact) mass is 307 g/mol. The fraction of sp³-hybridized carbons (Fsp3) is 0.529. The Bertz CT molecular complexity index is 567. The maximum absolute atomic E-state index is 14.2. The number of hydrogen-bond donors (Lipinski definition) is 1. The summed E-state index contributed by atoms with van der Waals surface area (Å²) in [6, 6.07) is 6.41. The van der Waals surface area contributed by atoms with Gasteiger partial charge in [0.05, 0.1) is 11.3 Å². The van der Waals surface area contributed by atoms with Crippen LogP contribution in [-0.2, 0) is 15.0 Å². The summed E-state index contributed by atoms with van der Waals surface area (Å²) >= 11 is 0. The number of hydrogen-bond acceptors (Lipinski definition) is 2. The van der Waals surface area contributed by atoms with Crippen molar-refractivity contribution < 1.29 is 19.1 Å². The molecule has 0 spiro atoms. The lowest BCUT2D eigenvalue weighted by molar-refractivity contribution is -0.143. The predicted octanol–water partition coefficient (Wildman–Crippen LogP) is 2.82. The van der Waals surface area contributed by atoms with Crippen molar-refractivity contribution in [3.8, 4) is 0 Å². The quantitative estimate of drug-likeness (QED) is 0.910. The molecule has 0 aromatic heterocycles.